The number of carbonyl (C=O) groups is 1. The lowest BCUT2D eigenvalue weighted by molar-refractivity contribution is -0.139. The topological polar surface area (TPSA) is 35.5 Å². The second kappa shape index (κ2) is 6.90. The first-order valence-electron chi connectivity index (χ1n) is 9.15. The molecule has 4 heteroatoms. The number of halogens is 1. The molecule has 0 bridgehead atoms. The van der Waals surface area contributed by atoms with E-state index >= 15 is 0 Å². The van der Waals surface area contributed by atoms with E-state index in [4.69, 9.17) is 21.1 Å². The van der Waals surface area contributed by atoms with Gasteiger partial charge >= 0.3 is 5.97 Å². The highest BCUT2D eigenvalue weighted by Gasteiger charge is 2.54. The SMILES string of the molecule is CCOC(=O)C1=C(C)O[C@@]2(c3ccc(Cl)cc3)C=C(c3ccccc3)C[C@@H]12. The molecular formula is C23H21ClO3. The van der Waals surface area contributed by atoms with E-state index in [1.54, 1.807) is 0 Å². The third-order valence-corrected chi connectivity index (χ3v) is 5.57. The van der Waals surface area contributed by atoms with Crippen molar-refractivity contribution in [1.82, 2.24) is 0 Å². The molecule has 0 N–H and O–H groups in total. The predicted molar refractivity (Wildman–Crippen MR) is 106 cm³/mol. The van der Waals surface area contributed by atoms with Crippen molar-refractivity contribution in [3.63, 3.8) is 0 Å². The largest absolute Gasteiger partial charge is 0.482 e. The average Bonchev–Trinajstić information content (AvgIpc) is 3.16. The molecule has 0 amide bonds. The summed E-state index contributed by atoms with van der Waals surface area (Å²) in [5.74, 6) is 0.225. The number of hydrogen-bond acceptors (Lipinski definition) is 3. The van der Waals surface area contributed by atoms with Crippen LogP contribution in [0, 0.1) is 5.92 Å². The maximum Gasteiger partial charge on any atom is 0.337 e. The van der Waals surface area contributed by atoms with Crippen LogP contribution in [-0.2, 0) is 19.9 Å². The van der Waals surface area contributed by atoms with E-state index in [1.165, 1.54) is 5.57 Å². The van der Waals surface area contributed by atoms with E-state index < -0.39 is 5.60 Å². The van der Waals surface area contributed by atoms with Crippen LogP contribution in [-0.4, -0.2) is 12.6 Å². The number of esters is 1. The summed E-state index contributed by atoms with van der Waals surface area (Å²) < 4.78 is 11.7. The first kappa shape index (κ1) is 17.9. The Labute approximate surface area is 164 Å². The molecule has 3 nitrogen and oxygen atoms in total. The lowest BCUT2D eigenvalue weighted by Crippen LogP contribution is -2.30. The van der Waals surface area contributed by atoms with Gasteiger partial charge in [-0.15, -0.1) is 0 Å². The number of ether oxygens (including phenoxy) is 2. The minimum atomic E-state index is -0.706. The number of hydrogen-bond donors (Lipinski definition) is 0. The van der Waals surface area contributed by atoms with Gasteiger partial charge in [0.1, 0.15) is 5.76 Å². The summed E-state index contributed by atoms with van der Waals surface area (Å²) in [7, 11) is 0. The minimum Gasteiger partial charge on any atom is -0.482 e. The van der Waals surface area contributed by atoms with Crippen molar-refractivity contribution in [1.29, 1.82) is 0 Å². The zero-order valence-electron chi connectivity index (χ0n) is 15.4. The van der Waals surface area contributed by atoms with Gasteiger partial charge in [0.05, 0.1) is 12.2 Å². The van der Waals surface area contributed by atoms with Crippen LogP contribution >= 0.6 is 11.6 Å². The van der Waals surface area contributed by atoms with E-state index in [1.807, 2.05) is 56.3 Å². The number of carbonyl (C=O) groups excluding carboxylic acids is 1. The van der Waals surface area contributed by atoms with Gasteiger partial charge in [-0.25, -0.2) is 4.79 Å². The minimum absolute atomic E-state index is 0.118. The molecule has 2 atom stereocenters. The molecule has 0 spiro atoms. The Morgan fingerprint density at radius 3 is 2.56 bits per heavy atom. The molecule has 0 radical (unpaired) electrons. The van der Waals surface area contributed by atoms with Gasteiger partial charge in [-0.3, -0.25) is 0 Å². The number of fused-ring (bicyclic) bond motifs is 1. The molecule has 27 heavy (non-hydrogen) atoms. The fourth-order valence-electron chi connectivity index (χ4n) is 4.16. The fraction of sp³-hybridized carbons (Fsp3) is 0.261. The summed E-state index contributed by atoms with van der Waals surface area (Å²) in [5, 5.41) is 0.672. The zero-order chi connectivity index (χ0) is 19.0. The zero-order valence-corrected chi connectivity index (χ0v) is 16.1. The Balaban J connectivity index is 1.82. The highest BCUT2D eigenvalue weighted by molar-refractivity contribution is 6.30. The van der Waals surface area contributed by atoms with Gasteiger partial charge in [0.15, 0.2) is 5.60 Å². The number of allylic oxidation sites excluding steroid dienone is 2. The van der Waals surface area contributed by atoms with E-state index in [2.05, 4.69) is 18.2 Å². The van der Waals surface area contributed by atoms with Crippen molar-refractivity contribution in [2.24, 2.45) is 5.92 Å². The second-order valence-electron chi connectivity index (χ2n) is 6.88. The molecule has 1 heterocycles. The van der Waals surface area contributed by atoms with E-state index in [0.717, 1.165) is 17.5 Å². The molecule has 138 valence electrons. The molecule has 0 unspecified atom stereocenters. The van der Waals surface area contributed by atoms with E-state index in [9.17, 15) is 4.79 Å². The Kier molecular flexibility index (Phi) is 4.56. The molecule has 0 aromatic heterocycles. The summed E-state index contributed by atoms with van der Waals surface area (Å²) in [5.41, 5.74) is 3.23. The fourth-order valence-corrected chi connectivity index (χ4v) is 4.29. The average molecular weight is 381 g/mol. The highest BCUT2D eigenvalue weighted by Crippen LogP contribution is 2.56. The standard InChI is InChI=1S/C23H21ClO3/c1-3-26-22(25)21-15(2)27-23(18-9-11-19(24)12-10-18)14-17(13-20(21)23)16-7-5-4-6-8-16/h4-12,14,20H,3,13H2,1-2H3/t20-,23+/m0/s1. The van der Waals surface area contributed by atoms with E-state index in [-0.39, 0.29) is 11.9 Å². The lowest BCUT2D eigenvalue weighted by Gasteiger charge is -2.29. The normalized spacial score (nSPS) is 23.7. The summed E-state index contributed by atoms with van der Waals surface area (Å²) in [6, 6.07) is 17.9. The maximum atomic E-state index is 12.7. The molecule has 2 aromatic carbocycles. The second-order valence-corrected chi connectivity index (χ2v) is 7.32. The van der Waals surface area contributed by atoms with Crippen LogP contribution in [0.4, 0.5) is 0 Å². The molecule has 2 aliphatic rings. The van der Waals surface area contributed by atoms with Crippen molar-refractivity contribution in [3.05, 3.63) is 88.2 Å². The first-order chi connectivity index (χ1) is 13.0. The Bertz CT molecular complexity index is 928. The summed E-state index contributed by atoms with van der Waals surface area (Å²) in [6.07, 6.45) is 2.88. The first-order valence-corrected chi connectivity index (χ1v) is 9.53. The third-order valence-electron chi connectivity index (χ3n) is 5.32. The van der Waals surface area contributed by atoms with Gasteiger partial charge in [0.2, 0.25) is 0 Å². The Morgan fingerprint density at radius 1 is 1.19 bits per heavy atom. The van der Waals surface area contributed by atoms with Gasteiger partial charge < -0.3 is 9.47 Å². The Morgan fingerprint density at radius 2 is 1.89 bits per heavy atom. The molecule has 2 aromatic rings. The molecule has 4 rings (SSSR count). The van der Waals surface area contributed by atoms with Crippen LogP contribution in [0.1, 0.15) is 31.4 Å². The van der Waals surface area contributed by atoms with Gasteiger partial charge in [-0.2, -0.15) is 0 Å². The summed E-state index contributed by atoms with van der Waals surface area (Å²) in [6.45, 7) is 4.01. The molecule has 0 saturated carbocycles. The smallest absolute Gasteiger partial charge is 0.337 e. The van der Waals surface area contributed by atoms with Crippen LogP contribution in [0.3, 0.4) is 0 Å². The maximum absolute atomic E-state index is 12.7. The van der Waals surface area contributed by atoms with Gasteiger partial charge in [0, 0.05) is 16.5 Å². The Hall–Kier alpha value is -2.52. The quantitative estimate of drug-likeness (QED) is 0.656. The van der Waals surface area contributed by atoms with Crippen LogP contribution in [0.15, 0.2) is 72.0 Å². The molecule has 1 aliphatic heterocycles. The molecule has 0 saturated heterocycles. The monoisotopic (exact) mass is 380 g/mol. The molecule has 0 fully saturated rings. The highest BCUT2D eigenvalue weighted by atomic mass is 35.5. The molecule has 1 aliphatic carbocycles. The van der Waals surface area contributed by atoms with Crippen molar-refractivity contribution >= 4 is 23.1 Å². The third kappa shape index (κ3) is 2.96. The van der Waals surface area contributed by atoms with Gasteiger partial charge in [-0.1, -0.05) is 54.1 Å². The molecular weight excluding hydrogens is 360 g/mol. The van der Waals surface area contributed by atoms with Crippen LogP contribution in [0.2, 0.25) is 5.02 Å². The van der Waals surface area contributed by atoms with Gasteiger partial charge in [0.25, 0.3) is 0 Å². The van der Waals surface area contributed by atoms with Crippen LogP contribution in [0.25, 0.3) is 5.57 Å². The predicted octanol–water partition coefficient (Wildman–Crippen LogP) is 5.51. The number of rotatable bonds is 4. The van der Waals surface area contributed by atoms with Crippen molar-refractivity contribution in [2.45, 2.75) is 25.9 Å². The lowest BCUT2D eigenvalue weighted by atomic mass is 9.81. The van der Waals surface area contributed by atoms with Crippen LogP contribution < -0.4 is 0 Å². The van der Waals surface area contributed by atoms with Crippen molar-refractivity contribution in [2.75, 3.05) is 6.61 Å². The summed E-state index contributed by atoms with van der Waals surface area (Å²) in [4.78, 5) is 12.7. The summed E-state index contributed by atoms with van der Waals surface area (Å²) >= 11 is 6.09. The number of benzene rings is 2. The van der Waals surface area contributed by atoms with Crippen LogP contribution in [0.5, 0.6) is 0 Å². The van der Waals surface area contributed by atoms with Crippen molar-refractivity contribution < 1.29 is 14.3 Å². The van der Waals surface area contributed by atoms with Gasteiger partial charge in [-0.05, 0) is 49.6 Å². The van der Waals surface area contributed by atoms with Crippen molar-refractivity contribution in [3.8, 4) is 0 Å². The van der Waals surface area contributed by atoms with E-state index in [0.29, 0.717) is 23.0 Å².